The normalized spacial score (nSPS) is 11.7. The first-order chi connectivity index (χ1) is 9.53. The number of thiophene rings is 1. The Morgan fingerprint density at radius 3 is 2.80 bits per heavy atom. The highest BCUT2D eigenvalue weighted by Crippen LogP contribution is 2.25. The van der Waals surface area contributed by atoms with Crippen molar-refractivity contribution < 1.29 is 8.42 Å². The standard InChI is InChI=1S/C11H16N4O2S3/c1-3-5-12-7-9-10(4-6-18-9)20(16,17)15-11-14-13-8(2)19-11/h4,6,12H,3,5,7H2,1-2H3,(H,14,15). The highest BCUT2D eigenvalue weighted by Gasteiger charge is 2.21. The number of hydrogen-bond acceptors (Lipinski definition) is 7. The SMILES string of the molecule is CCCNCc1sccc1S(=O)(=O)Nc1nnc(C)s1. The van der Waals surface area contributed by atoms with Gasteiger partial charge in [-0.3, -0.25) is 4.72 Å². The zero-order chi connectivity index (χ0) is 14.6. The summed E-state index contributed by atoms with van der Waals surface area (Å²) < 4.78 is 27.1. The molecule has 0 atom stereocenters. The number of sulfonamides is 1. The second kappa shape index (κ2) is 6.61. The first-order valence-electron chi connectivity index (χ1n) is 6.13. The van der Waals surface area contributed by atoms with E-state index in [-0.39, 0.29) is 0 Å². The van der Waals surface area contributed by atoms with Crippen LogP contribution in [0.4, 0.5) is 5.13 Å². The molecule has 9 heteroatoms. The fourth-order valence-corrected chi connectivity index (χ4v) is 4.82. The van der Waals surface area contributed by atoms with Gasteiger partial charge in [-0.25, -0.2) is 8.42 Å². The maximum absolute atomic E-state index is 12.3. The first kappa shape index (κ1) is 15.4. The molecule has 0 fully saturated rings. The molecule has 0 bridgehead atoms. The van der Waals surface area contributed by atoms with Gasteiger partial charge in [0, 0.05) is 11.4 Å². The van der Waals surface area contributed by atoms with Gasteiger partial charge in [-0.1, -0.05) is 18.3 Å². The molecule has 2 rings (SSSR count). The predicted octanol–water partition coefficient (Wildman–Crippen LogP) is 2.21. The minimum absolute atomic E-state index is 0.293. The molecule has 2 aromatic rings. The lowest BCUT2D eigenvalue weighted by atomic mass is 10.4. The van der Waals surface area contributed by atoms with Crippen LogP contribution < -0.4 is 10.0 Å². The van der Waals surface area contributed by atoms with Crippen molar-refractivity contribution in [2.75, 3.05) is 11.3 Å². The summed E-state index contributed by atoms with van der Waals surface area (Å²) in [4.78, 5) is 1.10. The maximum Gasteiger partial charge on any atom is 0.264 e. The van der Waals surface area contributed by atoms with Gasteiger partial charge in [0.2, 0.25) is 5.13 Å². The Bertz CT molecular complexity index is 663. The van der Waals surface area contributed by atoms with Crippen molar-refractivity contribution in [1.29, 1.82) is 0 Å². The minimum atomic E-state index is -3.60. The van der Waals surface area contributed by atoms with Crippen LogP contribution in [0.5, 0.6) is 0 Å². The molecule has 6 nitrogen and oxygen atoms in total. The van der Waals surface area contributed by atoms with Gasteiger partial charge in [-0.2, -0.15) is 0 Å². The minimum Gasteiger partial charge on any atom is -0.312 e. The van der Waals surface area contributed by atoms with E-state index in [0.29, 0.717) is 16.6 Å². The van der Waals surface area contributed by atoms with Crippen LogP contribution in [-0.2, 0) is 16.6 Å². The van der Waals surface area contributed by atoms with Crippen molar-refractivity contribution in [3.05, 3.63) is 21.3 Å². The average molecular weight is 332 g/mol. The van der Waals surface area contributed by atoms with Gasteiger partial charge in [0.25, 0.3) is 10.0 Å². The molecule has 20 heavy (non-hydrogen) atoms. The number of nitrogens with one attached hydrogen (secondary N) is 2. The summed E-state index contributed by atoms with van der Waals surface area (Å²) in [5.41, 5.74) is 0. The Labute approximate surface area is 126 Å². The average Bonchev–Trinajstić information content (AvgIpc) is 2.99. The molecule has 0 aliphatic rings. The van der Waals surface area contributed by atoms with Crippen molar-refractivity contribution in [3.8, 4) is 0 Å². The molecule has 0 aliphatic carbocycles. The molecule has 2 heterocycles. The van der Waals surface area contributed by atoms with Gasteiger partial charge < -0.3 is 5.32 Å². The highest BCUT2D eigenvalue weighted by molar-refractivity contribution is 7.93. The van der Waals surface area contributed by atoms with Gasteiger partial charge in [-0.15, -0.1) is 21.5 Å². The van der Waals surface area contributed by atoms with E-state index in [9.17, 15) is 8.42 Å². The van der Waals surface area contributed by atoms with Crippen LogP contribution in [0, 0.1) is 6.92 Å². The second-order valence-electron chi connectivity index (χ2n) is 4.12. The quantitative estimate of drug-likeness (QED) is 0.760. The summed E-state index contributed by atoms with van der Waals surface area (Å²) in [6, 6.07) is 1.61. The van der Waals surface area contributed by atoms with Crippen LogP contribution in [0.15, 0.2) is 16.3 Å². The van der Waals surface area contributed by atoms with Gasteiger partial charge in [0.15, 0.2) is 0 Å². The Balaban J connectivity index is 2.15. The summed E-state index contributed by atoms with van der Waals surface area (Å²) in [5, 5.41) is 13.6. The molecule has 2 N–H and O–H groups in total. The van der Waals surface area contributed by atoms with E-state index < -0.39 is 10.0 Å². The Morgan fingerprint density at radius 2 is 2.15 bits per heavy atom. The number of aromatic nitrogens is 2. The lowest BCUT2D eigenvalue weighted by Gasteiger charge is -2.06. The Kier molecular flexibility index (Phi) is 5.08. The van der Waals surface area contributed by atoms with Crippen LogP contribution in [0.3, 0.4) is 0 Å². The molecule has 2 aromatic heterocycles. The van der Waals surface area contributed by atoms with E-state index >= 15 is 0 Å². The fraction of sp³-hybridized carbons (Fsp3) is 0.455. The lowest BCUT2D eigenvalue weighted by Crippen LogP contribution is -2.18. The molecular formula is C11H16N4O2S3. The smallest absolute Gasteiger partial charge is 0.264 e. The molecule has 0 unspecified atom stereocenters. The van der Waals surface area contributed by atoms with E-state index in [0.717, 1.165) is 22.9 Å². The van der Waals surface area contributed by atoms with Crippen molar-refractivity contribution in [2.45, 2.75) is 31.7 Å². The topological polar surface area (TPSA) is 84.0 Å². The number of aryl methyl sites for hydroxylation is 1. The van der Waals surface area contributed by atoms with E-state index in [1.165, 1.54) is 22.7 Å². The zero-order valence-electron chi connectivity index (χ0n) is 11.2. The van der Waals surface area contributed by atoms with Crippen molar-refractivity contribution in [3.63, 3.8) is 0 Å². The predicted molar refractivity (Wildman–Crippen MR) is 81.8 cm³/mol. The maximum atomic E-state index is 12.3. The van der Waals surface area contributed by atoms with E-state index in [4.69, 9.17) is 0 Å². The van der Waals surface area contributed by atoms with Crippen LogP contribution >= 0.6 is 22.7 Å². The number of nitrogens with zero attached hydrogens (tertiary/aromatic N) is 2. The van der Waals surface area contributed by atoms with Crippen LogP contribution in [0.25, 0.3) is 0 Å². The van der Waals surface area contributed by atoms with Gasteiger partial charge in [0.1, 0.15) is 9.90 Å². The molecule has 0 radical (unpaired) electrons. The zero-order valence-corrected chi connectivity index (χ0v) is 13.7. The summed E-state index contributed by atoms with van der Waals surface area (Å²) in [5.74, 6) is 0. The van der Waals surface area contributed by atoms with Gasteiger partial charge >= 0.3 is 0 Å². The molecule has 0 spiro atoms. The van der Waals surface area contributed by atoms with Gasteiger partial charge in [-0.05, 0) is 31.3 Å². The van der Waals surface area contributed by atoms with Crippen LogP contribution in [0.1, 0.15) is 23.2 Å². The highest BCUT2D eigenvalue weighted by atomic mass is 32.2. The summed E-state index contributed by atoms with van der Waals surface area (Å²) >= 11 is 2.64. The van der Waals surface area contributed by atoms with Crippen LogP contribution in [-0.4, -0.2) is 25.2 Å². The molecule has 0 aliphatic heterocycles. The van der Waals surface area contributed by atoms with E-state index in [2.05, 4.69) is 27.2 Å². The second-order valence-corrected chi connectivity index (χ2v) is 7.95. The molecule has 0 amide bonds. The summed E-state index contributed by atoms with van der Waals surface area (Å²) in [7, 11) is -3.60. The van der Waals surface area contributed by atoms with Crippen molar-refractivity contribution in [1.82, 2.24) is 15.5 Å². The summed E-state index contributed by atoms with van der Waals surface area (Å²) in [6.45, 7) is 5.26. The Morgan fingerprint density at radius 1 is 1.35 bits per heavy atom. The third kappa shape index (κ3) is 3.75. The number of rotatable bonds is 7. The van der Waals surface area contributed by atoms with Crippen molar-refractivity contribution in [2.24, 2.45) is 0 Å². The Hall–Kier alpha value is -1.03. The molecule has 110 valence electrons. The van der Waals surface area contributed by atoms with Crippen LogP contribution in [0.2, 0.25) is 0 Å². The number of anilines is 1. The molecule has 0 aromatic carbocycles. The summed E-state index contributed by atoms with van der Waals surface area (Å²) in [6.07, 6.45) is 1.01. The largest absolute Gasteiger partial charge is 0.312 e. The number of hydrogen-bond donors (Lipinski definition) is 2. The lowest BCUT2D eigenvalue weighted by molar-refractivity contribution is 0.598. The van der Waals surface area contributed by atoms with Crippen molar-refractivity contribution >= 4 is 37.8 Å². The van der Waals surface area contributed by atoms with E-state index in [1.54, 1.807) is 18.4 Å². The third-order valence-corrected chi connectivity index (χ3v) is 5.81. The molecule has 0 saturated heterocycles. The molecule has 0 saturated carbocycles. The molecular weight excluding hydrogens is 316 g/mol. The monoisotopic (exact) mass is 332 g/mol. The van der Waals surface area contributed by atoms with Gasteiger partial charge in [0.05, 0.1) is 0 Å². The fourth-order valence-electron chi connectivity index (χ4n) is 1.58. The third-order valence-electron chi connectivity index (χ3n) is 2.45. The van der Waals surface area contributed by atoms with E-state index in [1.807, 2.05) is 0 Å². The first-order valence-corrected chi connectivity index (χ1v) is 9.31.